The van der Waals surface area contributed by atoms with Crippen LogP contribution in [0.1, 0.15) is 38.3 Å². The Bertz CT molecular complexity index is 1590. The number of amides is 3. The molecule has 1 saturated heterocycles. The molecule has 9 nitrogen and oxygen atoms in total. The number of nitrogens with zero attached hydrogens (tertiary/aromatic N) is 2. The summed E-state index contributed by atoms with van der Waals surface area (Å²) in [5, 5.41) is 15.7. The van der Waals surface area contributed by atoms with Crippen molar-refractivity contribution in [2.75, 3.05) is 5.32 Å². The highest BCUT2D eigenvalue weighted by Gasteiger charge is 2.57. The summed E-state index contributed by atoms with van der Waals surface area (Å²) < 4.78 is 13.5. The zero-order valence-electron chi connectivity index (χ0n) is 21.8. The Kier molecular flexibility index (Phi) is 7.62. The van der Waals surface area contributed by atoms with Crippen LogP contribution in [0.15, 0.2) is 90.3 Å². The number of hydrogen-bond acceptors (Lipinski definition) is 6. The van der Waals surface area contributed by atoms with Gasteiger partial charge in [0.25, 0.3) is 5.69 Å². The van der Waals surface area contributed by atoms with Crippen molar-refractivity contribution in [2.45, 2.75) is 24.9 Å². The Hall–Kier alpha value is -4.90. The molecule has 1 aliphatic heterocycles. The van der Waals surface area contributed by atoms with E-state index in [1.807, 2.05) is 24.4 Å². The molecule has 0 saturated carbocycles. The van der Waals surface area contributed by atoms with Gasteiger partial charge in [-0.1, -0.05) is 35.9 Å². The molecule has 2 heterocycles. The second-order valence-corrected chi connectivity index (χ2v) is 10.8. The van der Waals surface area contributed by atoms with Crippen LogP contribution in [0.5, 0.6) is 0 Å². The van der Waals surface area contributed by atoms with Crippen molar-refractivity contribution in [2.24, 2.45) is 11.7 Å². The molecule has 5 rings (SSSR count). The Balaban J connectivity index is 1.68. The van der Waals surface area contributed by atoms with E-state index in [9.17, 15) is 28.9 Å². The lowest BCUT2D eigenvalue weighted by Crippen LogP contribution is -2.48. The number of carbonyl (C=O) groups excluding carboxylic acids is 3. The number of likely N-dealkylation sites (tertiary alicyclic amines) is 1. The van der Waals surface area contributed by atoms with E-state index in [1.165, 1.54) is 64.8 Å². The lowest BCUT2D eigenvalue weighted by molar-refractivity contribution is -0.384. The normalized spacial score (nSPS) is 20.0. The van der Waals surface area contributed by atoms with Gasteiger partial charge in [0.1, 0.15) is 11.9 Å². The SMILES string of the molecule is Cc1ccc(C2C(C(=O)c3ccc([N+](=O)[O-])cc3)C(c3cccs3)C(C(N)=O)N2C(=O)Nc2ccc(F)cc2)cc1. The minimum Gasteiger partial charge on any atom is -0.368 e. The maximum atomic E-state index is 14.3. The summed E-state index contributed by atoms with van der Waals surface area (Å²) in [6, 6.07) is 18.4. The van der Waals surface area contributed by atoms with Crippen LogP contribution in [0.2, 0.25) is 0 Å². The van der Waals surface area contributed by atoms with Gasteiger partial charge < -0.3 is 16.0 Å². The highest BCUT2D eigenvalue weighted by molar-refractivity contribution is 7.10. The van der Waals surface area contributed by atoms with Crippen molar-refractivity contribution >= 4 is 40.4 Å². The number of thiophene rings is 1. The summed E-state index contributed by atoms with van der Waals surface area (Å²) in [5.74, 6) is -3.45. The fourth-order valence-electron chi connectivity index (χ4n) is 5.39. The van der Waals surface area contributed by atoms with Crippen molar-refractivity contribution in [1.82, 2.24) is 4.90 Å². The zero-order valence-corrected chi connectivity index (χ0v) is 22.6. The molecule has 3 amide bonds. The number of urea groups is 1. The summed E-state index contributed by atoms with van der Waals surface area (Å²) in [5.41, 5.74) is 7.84. The van der Waals surface area contributed by atoms with Crippen LogP contribution in [0.3, 0.4) is 0 Å². The molecule has 11 heteroatoms. The maximum Gasteiger partial charge on any atom is 0.323 e. The molecule has 1 aromatic heterocycles. The average Bonchev–Trinajstić information content (AvgIpc) is 3.61. The average molecular weight is 573 g/mol. The number of Topliss-reactive ketones (excluding diaryl/α,β-unsaturated/α-hetero) is 1. The Morgan fingerprint density at radius 2 is 1.63 bits per heavy atom. The lowest BCUT2D eigenvalue weighted by atomic mass is 9.78. The van der Waals surface area contributed by atoms with Crippen molar-refractivity contribution in [1.29, 1.82) is 0 Å². The quantitative estimate of drug-likeness (QED) is 0.163. The smallest absolute Gasteiger partial charge is 0.323 e. The third kappa shape index (κ3) is 5.44. The zero-order chi connectivity index (χ0) is 29.3. The molecule has 208 valence electrons. The van der Waals surface area contributed by atoms with E-state index >= 15 is 0 Å². The van der Waals surface area contributed by atoms with Gasteiger partial charge in [-0.2, -0.15) is 0 Å². The van der Waals surface area contributed by atoms with Crippen LogP contribution in [0.25, 0.3) is 0 Å². The first-order valence-electron chi connectivity index (χ1n) is 12.7. The van der Waals surface area contributed by atoms with E-state index < -0.39 is 52.4 Å². The molecule has 0 spiro atoms. The molecule has 1 fully saturated rings. The first-order chi connectivity index (χ1) is 19.7. The van der Waals surface area contributed by atoms with Gasteiger partial charge >= 0.3 is 6.03 Å². The topological polar surface area (TPSA) is 136 Å². The summed E-state index contributed by atoms with van der Waals surface area (Å²) in [4.78, 5) is 54.0. The number of primary amides is 1. The van der Waals surface area contributed by atoms with E-state index in [1.54, 1.807) is 24.3 Å². The standard InChI is InChI=1S/C30H25FN4O5S/c1-17-4-6-18(7-5-17)26-25(28(36)19-8-14-22(15-9-19)35(39)40)24(23-3-2-16-41-23)27(29(32)37)34(26)30(38)33-21-12-10-20(31)11-13-21/h2-16,24-27H,1H3,(H2,32,37)(H,33,38). The Morgan fingerprint density at radius 3 is 2.20 bits per heavy atom. The summed E-state index contributed by atoms with van der Waals surface area (Å²) in [7, 11) is 0. The number of anilines is 1. The molecule has 3 N–H and O–H groups in total. The second-order valence-electron chi connectivity index (χ2n) is 9.78. The molecular weight excluding hydrogens is 547 g/mol. The van der Waals surface area contributed by atoms with Gasteiger partial charge in [-0.15, -0.1) is 11.3 Å². The fraction of sp³-hybridized carbons (Fsp3) is 0.167. The predicted octanol–water partition coefficient (Wildman–Crippen LogP) is 5.83. The number of ketones is 1. The van der Waals surface area contributed by atoms with Gasteiger partial charge in [0.15, 0.2) is 5.78 Å². The van der Waals surface area contributed by atoms with Crippen LogP contribution in [0.4, 0.5) is 20.6 Å². The van der Waals surface area contributed by atoms with Gasteiger partial charge in [-0.05, 0) is 60.3 Å². The number of rotatable bonds is 7. The van der Waals surface area contributed by atoms with Crippen molar-refractivity contribution in [3.63, 3.8) is 0 Å². The molecule has 4 unspecified atom stereocenters. The predicted molar refractivity (Wildman–Crippen MR) is 152 cm³/mol. The number of nitro groups is 1. The van der Waals surface area contributed by atoms with Crippen LogP contribution < -0.4 is 11.1 Å². The van der Waals surface area contributed by atoms with Crippen molar-refractivity contribution in [3.05, 3.63) is 128 Å². The Labute approximate surface area is 238 Å². The largest absolute Gasteiger partial charge is 0.368 e. The molecule has 4 atom stereocenters. The van der Waals surface area contributed by atoms with E-state index in [2.05, 4.69) is 5.32 Å². The molecule has 41 heavy (non-hydrogen) atoms. The van der Waals surface area contributed by atoms with Gasteiger partial charge in [-0.25, -0.2) is 9.18 Å². The van der Waals surface area contributed by atoms with E-state index in [-0.39, 0.29) is 11.3 Å². The summed E-state index contributed by atoms with van der Waals surface area (Å²) in [6.45, 7) is 1.90. The maximum absolute atomic E-state index is 14.3. The number of hydrogen-bond donors (Lipinski definition) is 2. The summed E-state index contributed by atoms with van der Waals surface area (Å²) in [6.07, 6.45) is 0. The van der Waals surface area contributed by atoms with Gasteiger partial charge in [0.2, 0.25) is 5.91 Å². The van der Waals surface area contributed by atoms with E-state index in [4.69, 9.17) is 5.73 Å². The number of nitrogens with one attached hydrogen (secondary N) is 1. The first-order valence-corrected chi connectivity index (χ1v) is 13.6. The van der Waals surface area contributed by atoms with Gasteiger partial charge in [-0.3, -0.25) is 19.7 Å². The minimum absolute atomic E-state index is 0.173. The van der Waals surface area contributed by atoms with Crippen molar-refractivity contribution < 1.29 is 23.7 Å². The lowest BCUT2D eigenvalue weighted by Gasteiger charge is -2.31. The third-order valence-corrected chi connectivity index (χ3v) is 8.22. The van der Waals surface area contributed by atoms with Crippen LogP contribution in [0, 0.1) is 28.8 Å². The molecular formula is C30H25FN4O5S. The molecule has 4 aromatic rings. The Morgan fingerprint density at radius 1 is 0.976 bits per heavy atom. The summed E-state index contributed by atoms with van der Waals surface area (Å²) >= 11 is 1.33. The first kappa shape index (κ1) is 27.7. The second kappa shape index (κ2) is 11.3. The molecule has 0 bridgehead atoms. The third-order valence-electron chi connectivity index (χ3n) is 7.24. The molecule has 0 radical (unpaired) electrons. The van der Waals surface area contributed by atoms with Crippen molar-refractivity contribution in [3.8, 4) is 0 Å². The molecule has 1 aliphatic rings. The monoisotopic (exact) mass is 572 g/mol. The highest BCUT2D eigenvalue weighted by Crippen LogP contribution is 2.52. The number of carbonyl (C=O) groups is 3. The molecule has 0 aliphatic carbocycles. The van der Waals surface area contributed by atoms with Crippen LogP contribution in [-0.4, -0.2) is 33.6 Å². The fourth-order valence-corrected chi connectivity index (χ4v) is 6.30. The van der Waals surface area contributed by atoms with E-state index in [0.29, 0.717) is 16.1 Å². The molecule has 3 aromatic carbocycles. The van der Waals surface area contributed by atoms with Gasteiger partial charge in [0, 0.05) is 34.2 Å². The number of aryl methyl sites for hydroxylation is 1. The number of benzene rings is 3. The number of nitro benzene ring substituents is 1. The highest BCUT2D eigenvalue weighted by atomic mass is 32.1. The van der Waals surface area contributed by atoms with Crippen LogP contribution >= 0.6 is 11.3 Å². The number of non-ortho nitro benzene ring substituents is 1. The van der Waals surface area contributed by atoms with Crippen LogP contribution in [-0.2, 0) is 4.79 Å². The van der Waals surface area contributed by atoms with Gasteiger partial charge in [0.05, 0.1) is 16.9 Å². The van der Waals surface area contributed by atoms with E-state index in [0.717, 1.165) is 5.56 Å². The number of nitrogens with two attached hydrogens (primary N) is 1. The minimum atomic E-state index is -1.22. The number of halogens is 1.